The Morgan fingerprint density at radius 3 is 1.79 bits per heavy atom. The van der Waals surface area contributed by atoms with Gasteiger partial charge in [0.15, 0.2) is 0 Å². The lowest BCUT2D eigenvalue weighted by atomic mass is 9.91. The van der Waals surface area contributed by atoms with Gasteiger partial charge in [-0.3, -0.25) is 14.4 Å². The minimum absolute atomic E-state index is 0.124. The molecule has 258 valence electrons. The highest BCUT2D eigenvalue weighted by atomic mass is 16.6. The summed E-state index contributed by atoms with van der Waals surface area (Å²) in [6.45, 7) is 15.8. The summed E-state index contributed by atoms with van der Waals surface area (Å²) in [5.74, 6) is -2.53. The Hall–Kier alpha value is -4.41. The molecule has 0 aromatic heterocycles. The maximum atomic E-state index is 14.6. The Kier molecular flexibility index (Phi) is 13.5. The van der Waals surface area contributed by atoms with Gasteiger partial charge in [0.25, 0.3) is 0 Å². The average Bonchev–Trinajstić information content (AvgIpc) is 2.96. The van der Waals surface area contributed by atoms with Crippen LogP contribution in [0.1, 0.15) is 98.7 Å². The molecule has 3 unspecified atom stereocenters. The first-order valence-corrected chi connectivity index (χ1v) is 16.0. The van der Waals surface area contributed by atoms with Crippen LogP contribution in [-0.2, 0) is 35.1 Å². The van der Waals surface area contributed by atoms with Gasteiger partial charge in [-0.15, -0.1) is 0 Å². The van der Waals surface area contributed by atoms with Crippen LogP contribution < -0.4 is 16.4 Å². The highest BCUT2D eigenvalue weighted by Crippen LogP contribution is 2.33. The van der Waals surface area contributed by atoms with Gasteiger partial charge in [0.1, 0.15) is 29.3 Å². The van der Waals surface area contributed by atoms with Crippen molar-refractivity contribution in [2.75, 3.05) is 0 Å². The molecule has 11 nitrogen and oxygen atoms in total. The van der Waals surface area contributed by atoms with E-state index in [0.29, 0.717) is 12.0 Å². The first-order valence-electron chi connectivity index (χ1n) is 16.0. The number of hydrogen-bond donors (Lipinski definition) is 3. The lowest BCUT2D eigenvalue weighted by molar-refractivity contribution is -0.159. The Labute approximate surface area is 278 Å². The molecule has 0 aliphatic rings. The van der Waals surface area contributed by atoms with Gasteiger partial charge in [-0.25, -0.2) is 9.59 Å². The number of benzene rings is 2. The number of carbonyl (C=O) groups excluding carboxylic acids is 5. The van der Waals surface area contributed by atoms with Gasteiger partial charge in [0, 0.05) is 18.4 Å². The average molecular weight is 653 g/mol. The van der Waals surface area contributed by atoms with Crippen LogP contribution in [0.2, 0.25) is 0 Å². The summed E-state index contributed by atoms with van der Waals surface area (Å²) < 4.78 is 11.1. The topological polar surface area (TPSA) is 157 Å². The SMILES string of the molecule is CCC(C)(C)N(C(=O)C(CCC(N)=O)NC(=O)OC(C)(C)C)C(C(=O)NC(Cc1ccccc1)C(=O)OC(C)(C)C)c1ccccc1. The molecule has 0 heterocycles. The van der Waals surface area contributed by atoms with Crippen molar-refractivity contribution in [1.29, 1.82) is 0 Å². The fourth-order valence-corrected chi connectivity index (χ4v) is 4.83. The Morgan fingerprint density at radius 2 is 1.30 bits per heavy atom. The van der Waals surface area contributed by atoms with Gasteiger partial charge < -0.3 is 30.7 Å². The molecule has 2 aromatic rings. The second-order valence-electron chi connectivity index (χ2n) is 14.2. The molecule has 11 heteroatoms. The highest BCUT2D eigenvalue weighted by molar-refractivity contribution is 5.94. The van der Waals surface area contributed by atoms with E-state index in [2.05, 4.69) is 10.6 Å². The molecule has 0 bridgehead atoms. The molecule has 47 heavy (non-hydrogen) atoms. The summed E-state index contributed by atoms with van der Waals surface area (Å²) in [6.07, 6.45) is -0.615. The smallest absolute Gasteiger partial charge is 0.408 e. The van der Waals surface area contributed by atoms with E-state index in [1.165, 1.54) is 4.90 Å². The van der Waals surface area contributed by atoms with Crippen molar-refractivity contribution in [3.05, 3.63) is 71.8 Å². The third kappa shape index (κ3) is 12.7. The predicted molar refractivity (Wildman–Crippen MR) is 180 cm³/mol. The predicted octanol–water partition coefficient (Wildman–Crippen LogP) is 4.97. The molecular weight excluding hydrogens is 600 g/mol. The van der Waals surface area contributed by atoms with Crippen LogP contribution in [-0.4, -0.2) is 63.5 Å². The van der Waals surface area contributed by atoms with Crippen molar-refractivity contribution in [2.45, 2.75) is 123 Å². The Bertz CT molecular complexity index is 1370. The molecule has 4 N–H and O–H groups in total. The van der Waals surface area contributed by atoms with E-state index < -0.39 is 64.7 Å². The number of esters is 1. The second kappa shape index (κ2) is 16.4. The zero-order valence-corrected chi connectivity index (χ0v) is 29.2. The summed E-state index contributed by atoms with van der Waals surface area (Å²) in [7, 11) is 0. The van der Waals surface area contributed by atoms with Crippen molar-refractivity contribution in [2.24, 2.45) is 5.73 Å². The van der Waals surface area contributed by atoms with Crippen LogP contribution in [0.25, 0.3) is 0 Å². The lowest BCUT2D eigenvalue weighted by Gasteiger charge is -2.45. The fourth-order valence-electron chi connectivity index (χ4n) is 4.83. The fraction of sp³-hybridized carbons (Fsp3) is 0.528. The van der Waals surface area contributed by atoms with Crippen molar-refractivity contribution >= 4 is 29.8 Å². The van der Waals surface area contributed by atoms with Crippen LogP contribution >= 0.6 is 0 Å². The number of nitrogens with zero attached hydrogens (tertiary/aromatic N) is 1. The summed E-state index contributed by atoms with van der Waals surface area (Å²) >= 11 is 0. The number of primary amides is 1. The zero-order valence-electron chi connectivity index (χ0n) is 29.2. The molecule has 0 aliphatic carbocycles. The molecule has 0 radical (unpaired) electrons. The molecule has 2 rings (SSSR count). The van der Waals surface area contributed by atoms with E-state index in [4.69, 9.17) is 15.2 Å². The second-order valence-corrected chi connectivity index (χ2v) is 14.2. The van der Waals surface area contributed by atoms with E-state index in [0.717, 1.165) is 5.56 Å². The van der Waals surface area contributed by atoms with Crippen molar-refractivity contribution in [3.63, 3.8) is 0 Å². The number of amides is 4. The number of nitrogens with two attached hydrogens (primary N) is 1. The van der Waals surface area contributed by atoms with Gasteiger partial charge >= 0.3 is 12.1 Å². The molecular formula is C36H52N4O7. The van der Waals surface area contributed by atoms with E-state index in [9.17, 15) is 24.0 Å². The van der Waals surface area contributed by atoms with Crippen LogP contribution in [0.3, 0.4) is 0 Å². The third-order valence-corrected chi connectivity index (χ3v) is 7.34. The van der Waals surface area contributed by atoms with Crippen LogP contribution in [0.4, 0.5) is 4.79 Å². The molecule has 2 aromatic carbocycles. The van der Waals surface area contributed by atoms with Gasteiger partial charge in [-0.1, -0.05) is 67.6 Å². The Morgan fingerprint density at radius 1 is 0.766 bits per heavy atom. The Balaban J connectivity index is 2.66. The maximum Gasteiger partial charge on any atom is 0.408 e. The first-order chi connectivity index (χ1) is 21.7. The number of rotatable bonds is 14. The van der Waals surface area contributed by atoms with E-state index in [1.54, 1.807) is 71.9 Å². The maximum absolute atomic E-state index is 14.6. The molecule has 0 spiro atoms. The summed E-state index contributed by atoms with van der Waals surface area (Å²) in [4.78, 5) is 68.7. The van der Waals surface area contributed by atoms with Gasteiger partial charge in [-0.2, -0.15) is 0 Å². The van der Waals surface area contributed by atoms with Gasteiger partial charge in [0.05, 0.1) is 0 Å². The number of nitrogens with one attached hydrogen (secondary N) is 2. The van der Waals surface area contributed by atoms with Crippen molar-refractivity contribution in [1.82, 2.24) is 15.5 Å². The molecule has 0 saturated heterocycles. The summed E-state index contributed by atoms with van der Waals surface area (Å²) in [5.41, 5.74) is 4.10. The standard InChI is InChI=1S/C36H52N4O7/c1-10-36(8,9)40(31(43)26(21-22-28(37)41)39-33(45)47-35(5,6)7)29(25-19-15-12-16-20-25)30(42)38-27(32(44)46-34(2,3)4)23-24-17-13-11-14-18-24/h11-20,26-27,29H,10,21-23H2,1-9H3,(H2,37,41)(H,38,42)(H,39,45). The third-order valence-electron chi connectivity index (χ3n) is 7.34. The normalized spacial score (nSPS) is 13.8. The van der Waals surface area contributed by atoms with Gasteiger partial charge in [0.2, 0.25) is 17.7 Å². The molecule has 0 saturated carbocycles. The quantitative estimate of drug-likeness (QED) is 0.243. The first kappa shape index (κ1) is 38.8. The molecule has 4 amide bonds. The highest BCUT2D eigenvalue weighted by Gasteiger charge is 2.44. The van der Waals surface area contributed by atoms with Gasteiger partial charge in [-0.05, 0) is 79.4 Å². The van der Waals surface area contributed by atoms with Crippen LogP contribution in [0, 0.1) is 0 Å². The van der Waals surface area contributed by atoms with Crippen molar-refractivity contribution in [3.8, 4) is 0 Å². The monoisotopic (exact) mass is 652 g/mol. The number of hydrogen-bond acceptors (Lipinski definition) is 7. The van der Waals surface area contributed by atoms with Crippen LogP contribution in [0.5, 0.6) is 0 Å². The summed E-state index contributed by atoms with van der Waals surface area (Å²) in [6, 6.07) is 14.4. The minimum Gasteiger partial charge on any atom is -0.458 e. The molecule has 3 atom stereocenters. The number of carbonyl (C=O) groups is 5. The zero-order chi connectivity index (χ0) is 35.6. The number of alkyl carbamates (subject to hydrolysis) is 1. The van der Waals surface area contributed by atoms with E-state index in [1.807, 2.05) is 51.1 Å². The van der Waals surface area contributed by atoms with E-state index in [-0.39, 0.29) is 19.3 Å². The molecule has 0 fully saturated rings. The largest absolute Gasteiger partial charge is 0.458 e. The van der Waals surface area contributed by atoms with E-state index >= 15 is 0 Å². The minimum atomic E-state index is -1.26. The van der Waals surface area contributed by atoms with Crippen LogP contribution in [0.15, 0.2) is 60.7 Å². The lowest BCUT2D eigenvalue weighted by Crippen LogP contribution is -2.60. The summed E-state index contributed by atoms with van der Waals surface area (Å²) in [5, 5.41) is 5.49. The van der Waals surface area contributed by atoms with Crippen molar-refractivity contribution < 1.29 is 33.4 Å². The molecule has 0 aliphatic heterocycles. The number of ether oxygens (including phenoxy) is 2.